The molecule has 0 fully saturated rings. The molecule has 0 saturated carbocycles. The van der Waals surface area contributed by atoms with Crippen LogP contribution >= 0.6 is 0 Å². The SMILES string of the molecule is CCCC(C)NC(=O)C(c1ccccc1)N(CCO)C(=O)C(CC(N)=O)NC(=O)OC(C)(C)C. The van der Waals surface area contributed by atoms with Crippen LogP contribution in [-0.4, -0.2) is 64.7 Å². The van der Waals surface area contributed by atoms with Gasteiger partial charge in [0.2, 0.25) is 17.7 Å². The molecule has 1 aromatic rings. The Morgan fingerprint density at radius 3 is 2.24 bits per heavy atom. The fourth-order valence-electron chi connectivity index (χ4n) is 3.46. The van der Waals surface area contributed by atoms with E-state index in [1.165, 1.54) is 0 Å². The highest BCUT2D eigenvalue weighted by molar-refractivity contribution is 5.94. The van der Waals surface area contributed by atoms with Gasteiger partial charge < -0.3 is 31.1 Å². The second-order valence-electron chi connectivity index (χ2n) is 9.14. The van der Waals surface area contributed by atoms with Gasteiger partial charge in [0.25, 0.3) is 0 Å². The van der Waals surface area contributed by atoms with Crippen LogP contribution in [0.3, 0.4) is 0 Å². The third-order valence-electron chi connectivity index (χ3n) is 4.80. The van der Waals surface area contributed by atoms with Crippen molar-refractivity contribution < 1.29 is 29.0 Å². The lowest BCUT2D eigenvalue weighted by Crippen LogP contribution is -2.55. The van der Waals surface area contributed by atoms with Gasteiger partial charge in [-0.25, -0.2) is 4.79 Å². The number of aliphatic hydroxyl groups is 1. The van der Waals surface area contributed by atoms with Crippen molar-refractivity contribution >= 4 is 23.8 Å². The van der Waals surface area contributed by atoms with Gasteiger partial charge in [-0.15, -0.1) is 0 Å². The Kier molecular flexibility index (Phi) is 11.5. The minimum atomic E-state index is -1.38. The normalized spacial score (nSPS) is 13.8. The summed E-state index contributed by atoms with van der Waals surface area (Å²) in [5.41, 5.74) is 5.00. The third-order valence-corrected chi connectivity index (χ3v) is 4.80. The number of aliphatic hydroxyl groups excluding tert-OH is 1. The molecule has 1 rings (SSSR count). The highest BCUT2D eigenvalue weighted by atomic mass is 16.6. The Morgan fingerprint density at radius 2 is 1.74 bits per heavy atom. The number of rotatable bonds is 12. The standard InChI is InChI=1S/C24H38N4O6/c1-6-10-16(2)26-21(31)20(17-11-8-7-9-12-17)28(13-14-29)22(32)18(15-19(25)30)27-23(33)34-24(3,4)5/h7-9,11-12,16,18,20,29H,6,10,13-15H2,1-5H3,(H2,25,30)(H,26,31)(H,27,33). The highest BCUT2D eigenvalue weighted by Gasteiger charge is 2.37. The van der Waals surface area contributed by atoms with E-state index in [0.29, 0.717) is 5.56 Å². The number of hydrogen-bond donors (Lipinski definition) is 4. The molecule has 0 bridgehead atoms. The summed E-state index contributed by atoms with van der Waals surface area (Å²) in [5, 5.41) is 15.0. The number of alkyl carbamates (subject to hydrolysis) is 1. The van der Waals surface area contributed by atoms with Crippen molar-refractivity contribution in [1.82, 2.24) is 15.5 Å². The smallest absolute Gasteiger partial charge is 0.408 e. The van der Waals surface area contributed by atoms with Crippen molar-refractivity contribution in [3.63, 3.8) is 0 Å². The Morgan fingerprint density at radius 1 is 1.12 bits per heavy atom. The summed E-state index contributed by atoms with van der Waals surface area (Å²) >= 11 is 0. The van der Waals surface area contributed by atoms with Crippen molar-refractivity contribution in [3.05, 3.63) is 35.9 Å². The minimum absolute atomic E-state index is 0.143. The minimum Gasteiger partial charge on any atom is -0.444 e. The molecular weight excluding hydrogens is 440 g/mol. The molecule has 4 amide bonds. The summed E-state index contributed by atoms with van der Waals surface area (Å²) in [5.74, 6) is -2.01. The molecule has 34 heavy (non-hydrogen) atoms. The first-order valence-electron chi connectivity index (χ1n) is 11.4. The number of benzene rings is 1. The van der Waals surface area contributed by atoms with Gasteiger partial charge in [-0.1, -0.05) is 43.7 Å². The molecule has 0 heterocycles. The zero-order valence-electron chi connectivity index (χ0n) is 20.7. The molecule has 0 saturated heterocycles. The lowest BCUT2D eigenvalue weighted by atomic mass is 10.0. The topological polar surface area (TPSA) is 151 Å². The van der Waals surface area contributed by atoms with E-state index in [2.05, 4.69) is 10.6 Å². The van der Waals surface area contributed by atoms with E-state index in [1.807, 2.05) is 13.8 Å². The number of primary amides is 1. The van der Waals surface area contributed by atoms with Crippen LogP contribution in [0.1, 0.15) is 65.5 Å². The summed E-state index contributed by atoms with van der Waals surface area (Å²) in [6.45, 7) is 8.17. The second-order valence-corrected chi connectivity index (χ2v) is 9.14. The number of nitrogens with two attached hydrogens (primary N) is 1. The van der Waals surface area contributed by atoms with Gasteiger partial charge in [0, 0.05) is 12.6 Å². The molecule has 0 aromatic heterocycles. The van der Waals surface area contributed by atoms with Crippen molar-refractivity contribution in [2.24, 2.45) is 5.73 Å². The largest absolute Gasteiger partial charge is 0.444 e. The predicted octanol–water partition coefficient (Wildman–Crippen LogP) is 1.62. The number of hydrogen-bond acceptors (Lipinski definition) is 6. The van der Waals surface area contributed by atoms with Gasteiger partial charge in [0.15, 0.2) is 0 Å². The van der Waals surface area contributed by atoms with Gasteiger partial charge in [-0.05, 0) is 39.7 Å². The third kappa shape index (κ3) is 9.78. The maximum atomic E-state index is 13.6. The molecule has 10 heteroatoms. The van der Waals surface area contributed by atoms with Crippen LogP contribution in [0, 0.1) is 0 Å². The van der Waals surface area contributed by atoms with Crippen LogP contribution in [0.2, 0.25) is 0 Å². The summed E-state index contributed by atoms with van der Waals surface area (Å²) in [4.78, 5) is 52.0. The lowest BCUT2D eigenvalue weighted by molar-refractivity contribution is -0.144. The van der Waals surface area contributed by atoms with E-state index in [0.717, 1.165) is 17.7 Å². The van der Waals surface area contributed by atoms with Crippen LogP contribution in [0.25, 0.3) is 0 Å². The predicted molar refractivity (Wildman–Crippen MR) is 127 cm³/mol. The van der Waals surface area contributed by atoms with Crippen LogP contribution in [0.15, 0.2) is 30.3 Å². The number of ether oxygens (including phenoxy) is 1. The van der Waals surface area contributed by atoms with Gasteiger partial charge in [-0.3, -0.25) is 14.4 Å². The molecule has 3 unspecified atom stereocenters. The van der Waals surface area contributed by atoms with Crippen molar-refractivity contribution in [3.8, 4) is 0 Å². The maximum absolute atomic E-state index is 13.6. The first kappa shape index (κ1) is 28.9. The molecular formula is C24H38N4O6. The molecule has 0 aliphatic carbocycles. The molecule has 0 spiro atoms. The van der Waals surface area contributed by atoms with Gasteiger partial charge >= 0.3 is 6.09 Å². The molecule has 0 radical (unpaired) electrons. The number of carbonyl (C=O) groups is 4. The van der Waals surface area contributed by atoms with Gasteiger partial charge in [-0.2, -0.15) is 0 Å². The fourth-order valence-corrected chi connectivity index (χ4v) is 3.46. The zero-order chi connectivity index (χ0) is 25.9. The lowest BCUT2D eigenvalue weighted by Gasteiger charge is -2.34. The Labute approximate surface area is 201 Å². The van der Waals surface area contributed by atoms with Gasteiger partial charge in [0.05, 0.1) is 13.0 Å². The summed E-state index contributed by atoms with van der Waals surface area (Å²) < 4.78 is 5.21. The Bertz CT molecular complexity index is 825. The maximum Gasteiger partial charge on any atom is 0.408 e. The average molecular weight is 479 g/mol. The van der Waals surface area contributed by atoms with Crippen molar-refractivity contribution in [1.29, 1.82) is 0 Å². The number of nitrogens with one attached hydrogen (secondary N) is 2. The van der Waals surface area contributed by atoms with Crippen LogP contribution in [0.4, 0.5) is 4.79 Å². The summed E-state index contributed by atoms with van der Waals surface area (Å²) in [6, 6.07) is 5.99. The summed E-state index contributed by atoms with van der Waals surface area (Å²) in [6.07, 6.45) is 0.187. The molecule has 5 N–H and O–H groups in total. The number of carbonyl (C=O) groups excluding carboxylic acids is 4. The van der Waals surface area contributed by atoms with E-state index in [-0.39, 0.29) is 12.6 Å². The van der Waals surface area contributed by atoms with E-state index in [9.17, 15) is 24.3 Å². The monoisotopic (exact) mass is 478 g/mol. The van der Waals surface area contributed by atoms with Crippen molar-refractivity contribution in [2.75, 3.05) is 13.2 Å². The molecule has 0 aliphatic rings. The van der Waals surface area contributed by atoms with E-state index >= 15 is 0 Å². The zero-order valence-corrected chi connectivity index (χ0v) is 20.7. The Balaban J connectivity index is 3.36. The van der Waals surface area contributed by atoms with Crippen LogP contribution in [0.5, 0.6) is 0 Å². The van der Waals surface area contributed by atoms with E-state index in [1.54, 1.807) is 51.1 Å². The molecule has 3 atom stereocenters. The average Bonchev–Trinajstić information content (AvgIpc) is 2.71. The van der Waals surface area contributed by atoms with E-state index < -0.39 is 54.5 Å². The Hall–Kier alpha value is -3.14. The van der Waals surface area contributed by atoms with Crippen LogP contribution in [-0.2, 0) is 19.1 Å². The first-order valence-corrected chi connectivity index (χ1v) is 11.4. The quantitative estimate of drug-likeness (QED) is 0.358. The highest BCUT2D eigenvalue weighted by Crippen LogP contribution is 2.23. The van der Waals surface area contributed by atoms with E-state index in [4.69, 9.17) is 10.5 Å². The molecule has 0 aliphatic heterocycles. The van der Waals surface area contributed by atoms with Crippen molar-refractivity contribution in [2.45, 2.75) is 77.6 Å². The number of nitrogens with zero attached hydrogens (tertiary/aromatic N) is 1. The number of amides is 4. The van der Waals surface area contributed by atoms with Crippen LogP contribution < -0.4 is 16.4 Å². The second kappa shape index (κ2) is 13.5. The summed E-state index contributed by atoms with van der Waals surface area (Å²) in [7, 11) is 0. The first-order chi connectivity index (χ1) is 15.9. The molecule has 190 valence electrons. The fraction of sp³-hybridized carbons (Fsp3) is 0.583. The molecule has 10 nitrogen and oxygen atoms in total. The molecule has 1 aromatic carbocycles. The van der Waals surface area contributed by atoms with Gasteiger partial charge in [0.1, 0.15) is 17.7 Å².